The number of furan rings is 1. The van der Waals surface area contributed by atoms with Crippen molar-refractivity contribution in [3.63, 3.8) is 0 Å². The molecular weight excluding hydrogens is 454 g/mol. The Morgan fingerprint density at radius 2 is 1.69 bits per heavy atom. The van der Waals surface area contributed by atoms with Gasteiger partial charge in [0.2, 0.25) is 0 Å². The standard InChI is InChI=1S/C30H37NO5/c1-30(2)20-24(16-19-36-30)27(23-9-13-26(34-4)14-10-23)15-17-31(29(32)28-6-5-18-35-28)21-22-7-11-25(33-3)12-8-22/h5-14,18,24,27H,15-17,19-21H2,1-4H3/t24-,27+/m0/s1. The van der Waals surface area contributed by atoms with Crippen LogP contribution in [0.2, 0.25) is 0 Å². The molecule has 2 heterocycles. The molecule has 6 heteroatoms. The van der Waals surface area contributed by atoms with Crippen molar-refractivity contribution in [3.05, 3.63) is 83.8 Å². The van der Waals surface area contributed by atoms with Gasteiger partial charge < -0.3 is 23.5 Å². The monoisotopic (exact) mass is 491 g/mol. The quantitative estimate of drug-likeness (QED) is 0.332. The van der Waals surface area contributed by atoms with Crippen molar-refractivity contribution in [2.24, 2.45) is 5.92 Å². The summed E-state index contributed by atoms with van der Waals surface area (Å²) < 4.78 is 22.2. The van der Waals surface area contributed by atoms with Crippen molar-refractivity contribution >= 4 is 5.91 Å². The predicted octanol–water partition coefficient (Wildman–Crippen LogP) is 6.32. The average molecular weight is 492 g/mol. The van der Waals surface area contributed by atoms with Gasteiger partial charge in [-0.25, -0.2) is 0 Å². The van der Waals surface area contributed by atoms with E-state index in [0.717, 1.165) is 42.9 Å². The van der Waals surface area contributed by atoms with Gasteiger partial charge in [0.1, 0.15) is 11.5 Å². The zero-order chi connectivity index (χ0) is 25.5. The molecule has 2 aromatic carbocycles. The third-order valence-electron chi connectivity index (χ3n) is 7.11. The molecule has 192 valence electrons. The lowest BCUT2D eigenvalue weighted by Crippen LogP contribution is -2.38. The van der Waals surface area contributed by atoms with Crippen LogP contribution in [-0.4, -0.2) is 43.8 Å². The zero-order valence-corrected chi connectivity index (χ0v) is 21.7. The number of carbonyl (C=O) groups excluding carboxylic acids is 1. The van der Waals surface area contributed by atoms with Crippen LogP contribution in [0.3, 0.4) is 0 Å². The van der Waals surface area contributed by atoms with Crippen molar-refractivity contribution in [2.75, 3.05) is 27.4 Å². The topological polar surface area (TPSA) is 61.1 Å². The summed E-state index contributed by atoms with van der Waals surface area (Å²) in [6.07, 6.45) is 4.37. The fourth-order valence-corrected chi connectivity index (χ4v) is 5.20. The van der Waals surface area contributed by atoms with Gasteiger partial charge in [0.05, 0.1) is 26.1 Å². The van der Waals surface area contributed by atoms with Crippen LogP contribution in [0.15, 0.2) is 71.3 Å². The molecule has 1 aromatic heterocycles. The number of benzene rings is 2. The van der Waals surface area contributed by atoms with E-state index >= 15 is 0 Å². The average Bonchev–Trinajstić information content (AvgIpc) is 3.43. The van der Waals surface area contributed by atoms with Gasteiger partial charge in [-0.3, -0.25) is 4.79 Å². The molecule has 0 radical (unpaired) electrons. The number of nitrogens with zero attached hydrogens (tertiary/aromatic N) is 1. The van der Waals surface area contributed by atoms with E-state index in [0.29, 0.717) is 30.7 Å². The second-order valence-corrected chi connectivity index (χ2v) is 10.1. The zero-order valence-electron chi connectivity index (χ0n) is 21.7. The van der Waals surface area contributed by atoms with Gasteiger partial charge in [-0.1, -0.05) is 24.3 Å². The second-order valence-electron chi connectivity index (χ2n) is 10.1. The molecule has 0 unspecified atom stereocenters. The lowest BCUT2D eigenvalue weighted by Gasteiger charge is -2.40. The summed E-state index contributed by atoms with van der Waals surface area (Å²) >= 11 is 0. The fourth-order valence-electron chi connectivity index (χ4n) is 5.20. The third-order valence-corrected chi connectivity index (χ3v) is 7.11. The Hall–Kier alpha value is -3.25. The molecule has 0 bridgehead atoms. The summed E-state index contributed by atoms with van der Waals surface area (Å²) in [6.45, 7) is 6.20. The summed E-state index contributed by atoms with van der Waals surface area (Å²) in [6, 6.07) is 19.7. The molecule has 36 heavy (non-hydrogen) atoms. The maximum atomic E-state index is 13.4. The minimum absolute atomic E-state index is 0.100. The molecule has 2 atom stereocenters. The number of hydrogen-bond donors (Lipinski definition) is 0. The van der Waals surface area contributed by atoms with E-state index in [-0.39, 0.29) is 11.5 Å². The highest BCUT2D eigenvalue weighted by molar-refractivity contribution is 5.91. The minimum atomic E-state index is -0.152. The Balaban J connectivity index is 1.57. The van der Waals surface area contributed by atoms with Crippen LogP contribution in [-0.2, 0) is 11.3 Å². The number of methoxy groups -OCH3 is 2. The first-order valence-corrected chi connectivity index (χ1v) is 12.6. The van der Waals surface area contributed by atoms with Gasteiger partial charge >= 0.3 is 0 Å². The van der Waals surface area contributed by atoms with Gasteiger partial charge in [-0.15, -0.1) is 0 Å². The van der Waals surface area contributed by atoms with Gasteiger partial charge in [0.25, 0.3) is 5.91 Å². The lowest BCUT2D eigenvalue weighted by atomic mass is 9.75. The van der Waals surface area contributed by atoms with E-state index in [9.17, 15) is 4.79 Å². The van der Waals surface area contributed by atoms with E-state index in [4.69, 9.17) is 18.6 Å². The maximum absolute atomic E-state index is 13.4. The number of hydrogen-bond acceptors (Lipinski definition) is 5. The van der Waals surface area contributed by atoms with Crippen LogP contribution in [0.1, 0.15) is 60.7 Å². The number of amides is 1. The normalized spacial score (nSPS) is 17.8. The lowest BCUT2D eigenvalue weighted by molar-refractivity contribution is -0.0774. The first-order valence-electron chi connectivity index (χ1n) is 12.6. The van der Waals surface area contributed by atoms with Crippen molar-refractivity contribution < 1.29 is 23.4 Å². The molecule has 3 aromatic rings. The molecule has 1 amide bonds. The summed E-state index contributed by atoms with van der Waals surface area (Å²) in [5, 5.41) is 0. The molecule has 1 aliphatic heterocycles. The van der Waals surface area contributed by atoms with Crippen LogP contribution in [0.25, 0.3) is 0 Å². The molecule has 4 rings (SSSR count). The number of ether oxygens (including phenoxy) is 3. The predicted molar refractivity (Wildman–Crippen MR) is 140 cm³/mol. The van der Waals surface area contributed by atoms with Gasteiger partial charge in [0.15, 0.2) is 5.76 Å². The van der Waals surface area contributed by atoms with Crippen LogP contribution in [0.4, 0.5) is 0 Å². The van der Waals surface area contributed by atoms with Crippen molar-refractivity contribution in [3.8, 4) is 11.5 Å². The Kier molecular flexibility index (Phi) is 8.36. The Labute approximate surface area is 214 Å². The molecule has 0 aliphatic carbocycles. The summed E-state index contributed by atoms with van der Waals surface area (Å²) in [7, 11) is 3.34. The Bertz CT molecular complexity index is 1090. The number of rotatable bonds is 10. The summed E-state index contributed by atoms with van der Waals surface area (Å²) in [5.41, 5.74) is 2.16. The van der Waals surface area contributed by atoms with Crippen LogP contribution >= 0.6 is 0 Å². The molecule has 1 aliphatic rings. The van der Waals surface area contributed by atoms with Crippen molar-refractivity contribution in [1.29, 1.82) is 0 Å². The highest BCUT2D eigenvalue weighted by Crippen LogP contribution is 2.40. The van der Waals surface area contributed by atoms with Gasteiger partial charge in [-0.05, 0) is 92.5 Å². The van der Waals surface area contributed by atoms with Gasteiger partial charge in [-0.2, -0.15) is 0 Å². The molecule has 1 fully saturated rings. The molecule has 0 spiro atoms. The maximum Gasteiger partial charge on any atom is 0.289 e. The minimum Gasteiger partial charge on any atom is -0.497 e. The third kappa shape index (κ3) is 6.49. The van der Waals surface area contributed by atoms with Gasteiger partial charge in [0, 0.05) is 19.7 Å². The van der Waals surface area contributed by atoms with Crippen LogP contribution in [0.5, 0.6) is 11.5 Å². The van der Waals surface area contributed by atoms with Crippen molar-refractivity contribution in [2.45, 2.75) is 51.2 Å². The van der Waals surface area contributed by atoms with E-state index in [1.807, 2.05) is 41.3 Å². The Morgan fingerprint density at radius 1 is 1.03 bits per heavy atom. The highest BCUT2D eigenvalue weighted by atomic mass is 16.5. The number of carbonyl (C=O) groups is 1. The molecule has 0 saturated carbocycles. The highest BCUT2D eigenvalue weighted by Gasteiger charge is 2.34. The first kappa shape index (κ1) is 25.8. The van der Waals surface area contributed by atoms with Crippen molar-refractivity contribution in [1.82, 2.24) is 4.90 Å². The summed E-state index contributed by atoms with van der Waals surface area (Å²) in [4.78, 5) is 15.3. The second kappa shape index (κ2) is 11.7. The van der Waals surface area contributed by atoms with E-state index in [1.165, 1.54) is 5.56 Å². The fraction of sp³-hybridized carbons (Fsp3) is 0.433. The molecular formula is C30H37NO5. The largest absolute Gasteiger partial charge is 0.497 e. The summed E-state index contributed by atoms with van der Waals surface area (Å²) in [5.74, 6) is 2.65. The van der Waals surface area contributed by atoms with Crippen LogP contribution in [0, 0.1) is 5.92 Å². The van der Waals surface area contributed by atoms with E-state index in [1.54, 1.807) is 32.6 Å². The molecule has 1 saturated heterocycles. The van der Waals surface area contributed by atoms with E-state index in [2.05, 4.69) is 26.0 Å². The molecule has 0 N–H and O–H groups in total. The Morgan fingerprint density at radius 3 is 2.28 bits per heavy atom. The molecule has 6 nitrogen and oxygen atoms in total. The first-order chi connectivity index (χ1) is 17.4. The van der Waals surface area contributed by atoms with Crippen LogP contribution < -0.4 is 9.47 Å². The SMILES string of the molecule is COc1ccc(CN(CC[C@H](c2ccc(OC)cc2)[C@H]2CCOC(C)(C)C2)C(=O)c2ccco2)cc1. The van der Waals surface area contributed by atoms with E-state index < -0.39 is 0 Å². The smallest absolute Gasteiger partial charge is 0.289 e.